The maximum atomic E-state index is 12.7. The summed E-state index contributed by atoms with van der Waals surface area (Å²) in [7, 11) is -0.0498. The number of nitrogens with zero attached hydrogens (tertiary/aromatic N) is 3. The zero-order chi connectivity index (χ0) is 18.4. The first-order chi connectivity index (χ1) is 11.9. The largest absolute Gasteiger partial charge is 0.497 e. The quantitative estimate of drug-likeness (QED) is 0.456. The molecule has 3 rings (SSSR count). The fourth-order valence-corrected chi connectivity index (χ4v) is 3.90. The molecule has 25 heavy (non-hydrogen) atoms. The lowest BCUT2D eigenvalue weighted by Crippen LogP contribution is -2.36. The van der Waals surface area contributed by atoms with Gasteiger partial charge in [0.25, 0.3) is 0 Å². The standard InChI is InChI=1S/C14H17N3O3S.CH3NO2/c1-16-10-15-13-7-8-17(9-14(13)16)21(18,19)12-5-3-11(20-2)4-6-12;3-1-2-4/h3-6,10H,7-9H2,1-2H3;1,4H,(H,2,3). The number of nitrogens with one attached hydrogen (secondary N) is 1. The third-order valence-corrected chi connectivity index (χ3v) is 5.68. The van der Waals surface area contributed by atoms with E-state index < -0.39 is 10.0 Å². The molecule has 1 amide bonds. The fraction of sp³-hybridized carbons (Fsp3) is 0.333. The van der Waals surface area contributed by atoms with E-state index in [2.05, 4.69) is 4.98 Å². The van der Waals surface area contributed by atoms with Crippen LogP contribution in [0, 0.1) is 0 Å². The number of aromatic nitrogens is 2. The molecule has 1 aromatic carbocycles. The van der Waals surface area contributed by atoms with Gasteiger partial charge in [0.1, 0.15) is 5.75 Å². The topological polar surface area (TPSA) is 114 Å². The van der Waals surface area contributed by atoms with Crippen molar-refractivity contribution in [1.82, 2.24) is 19.3 Å². The number of carbonyl (C=O) groups excluding carboxylic acids is 1. The predicted molar refractivity (Wildman–Crippen MR) is 88.5 cm³/mol. The van der Waals surface area contributed by atoms with Crippen LogP contribution >= 0.6 is 0 Å². The summed E-state index contributed by atoms with van der Waals surface area (Å²) < 4.78 is 33.8. The van der Waals surface area contributed by atoms with Gasteiger partial charge in [0.2, 0.25) is 16.4 Å². The lowest BCUT2D eigenvalue weighted by Gasteiger charge is -2.26. The first-order valence-corrected chi connectivity index (χ1v) is 8.84. The summed E-state index contributed by atoms with van der Waals surface area (Å²) in [6, 6.07) is 6.47. The Morgan fingerprint density at radius 2 is 1.96 bits per heavy atom. The van der Waals surface area contributed by atoms with Gasteiger partial charge in [-0.05, 0) is 24.3 Å². The molecule has 2 aromatic rings. The molecular formula is C15H20N4O5S. The third kappa shape index (κ3) is 4.16. The number of hydrogen-bond donors (Lipinski definition) is 2. The van der Waals surface area contributed by atoms with Crippen LogP contribution in [0.15, 0.2) is 35.5 Å². The van der Waals surface area contributed by atoms with Crippen molar-refractivity contribution in [1.29, 1.82) is 0 Å². The average Bonchev–Trinajstić information content (AvgIpc) is 3.02. The molecule has 10 heteroatoms. The minimum atomic E-state index is -3.49. The van der Waals surface area contributed by atoms with Crippen molar-refractivity contribution in [2.45, 2.75) is 17.9 Å². The van der Waals surface area contributed by atoms with Crippen LogP contribution in [-0.4, -0.2) is 47.5 Å². The van der Waals surface area contributed by atoms with Crippen molar-refractivity contribution >= 4 is 16.4 Å². The molecule has 0 atom stereocenters. The lowest BCUT2D eigenvalue weighted by molar-refractivity contribution is -0.116. The molecule has 9 nitrogen and oxygen atoms in total. The molecule has 0 unspecified atom stereocenters. The number of aryl methyl sites for hydroxylation is 1. The molecule has 1 aromatic heterocycles. The highest BCUT2D eigenvalue weighted by molar-refractivity contribution is 7.89. The van der Waals surface area contributed by atoms with Gasteiger partial charge in [0.05, 0.1) is 36.3 Å². The summed E-state index contributed by atoms with van der Waals surface area (Å²) in [6.07, 6.45) is 2.56. The number of hydroxylamine groups is 1. The Hall–Kier alpha value is -2.43. The van der Waals surface area contributed by atoms with Crippen LogP contribution in [0.5, 0.6) is 5.75 Å². The van der Waals surface area contributed by atoms with E-state index in [-0.39, 0.29) is 11.3 Å². The minimum absolute atomic E-state index is 0.181. The van der Waals surface area contributed by atoms with Gasteiger partial charge in [-0.1, -0.05) is 0 Å². The number of ether oxygens (including phenoxy) is 1. The van der Waals surface area contributed by atoms with E-state index in [1.54, 1.807) is 37.7 Å². The molecular weight excluding hydrogens is 348 g/mol. The Balaban J connectivity index is 0.000000511. The van der Waals surface area contributed by atoms with E-state index in [0.717, 1.165) is 11.4 Å². The molecule has 0 saturated carbocycles. The van der Waals surface area contributed by atoms with Crippen LogP contribution < -0.4 is 10.2 Å². The van der Waals surface area contributed by atoms with E-state index in [4.69, 9.17) is 14.7 Å². The predicted octanol–water partition coefficient (Wildman–Crippen LogP) is 0.297. The van der Waals surface area contributed by atoms with Crippen molar-refractivity contribution in [3.8, 4) is 5.75 Å². The Labute approximate surface area is 145 Å². The summed E-state index contributed by atoms with van der Waals surface area (Å²) >= 11 is 0. The first kappa shape index (κ1) is 18.9. The smallest absolute Gasteiger partial charge is 0.243 e. The summed E-state index contributed by atoms with van der Waals surface area (Å²) in [4.78, 5) is 13.4. The number of sulfonamides is 1. The number of imidazole rings is 1. The van der Waals surface area contributed by atoms with E-state index >= 15 is 0 Å². The van der Waals surface area contributed by atoms with E-state index in [9.17, 15) is 8.42 Å². The normalized spacial score (nSPS) is 14.0. The first-order valence-electron chi connectivity index (χ1n) is 7.40. The molecule has 0 aliphatic carbocycles. The summed E-state index contributed by atoms with van der Waals surface area (Å²) in [5.41, 5.74) is 3.19. The molecule has 0 fully saturated rings. The number of benzene rings is 1. The van der Waals surface area contributed by atoms with Gasteiger partial charge in [-0.2, -0.15) is 4.31 Å². The number of rotatable bonds is 4. The van der Waals surface area contributed by atoms with Crippen LogP contribution in [0.25, 0.3) is 0 Å². The van der Waals surface area contributed by atoms with Crippen molar-refractivity contribution < 1.29 is 23.2 Å². The maximum Gasteiger partial charge on any atom is 0.243 e. The number of hydrogen-bond acceptors (Lipinski definition) is 6. The Bertz CT molecular complexity index is 817. The molecule has 0 radical (unpaired) electrons. The molecule has 136 valence electrons. The Morgan fingerprint density at radius 1 is 1.32 bits per heavy atom. The second-order valence-corrected chi connectivity index (χ2v) is 7.20. The zero-order valence-electron chi connectivity index (χ0n) is 13.9. The van der Waals surface area contributed by atoms with Crippen LogP contribution in [0.2, 0.25) is 0 Å². The molecule has 0 spiro atoms. The second-order valence-electron chi connectivity index (χ2n) is 5.26. The number of fused-ring (bicyclic) bond motifs is 1. The summed E-state index contributed by atoms with van der Waals surface area (Å²) in [5, 5.41) is 7.26. The van der Waals surface area contributed by atoms with Crippen molar-refractivity contribution in [3.63, 3.8) is 0 Å². The average molecular weight is 368 g/mol. The highest BCUT2D eigenvalue weighted by Gasteiger charge is 2.30. The van der Waals surface area contributed by atoms with E-state index in [1.807, 2.05) is 11.6 Å². The number of carbonyl (C=O) groups is 1. The van der Waals surface area contributed by atoms with Gasteiger partial charge < -0.3 is 9.30 Å². The van der Waals surface area contributed by atoms with E-state index in [0.29, 0.717) is 25.3 Å². The van der Waals surface area contributed by atoms with Gasteiger partial charge in [-0.15, -0.1) is 0 Å². The minimum Gasteiger partial charge on any atom is -0.497 e. The van der Waals surface area contributed by atoms with Crippen molar-refractivity contribution in [3.05, 3.63) is 42.0 Å². The van der Waals surface area contributed by atoms with Crippen molar-refractivity contribution in [2.75, 3.05) is 13.7 Å². The van der Waals surface area contributed by atoms with Gasteiger partial charge in [-0.25, -0.2) is 18.9 Å². The third-order valence-electron chi connectivity index (χ3n) is 3.82. The van der Waals surface area contributed by atoms with Crippen LogP contribution in [-0.2, 0) is 34.8 Å². The monoisotopic (exact) mass is 368 g/mol. The fourth-order valence-electron chi connectivity index (χ4n) is 2.49. The molecule has 0 saturated heterocycles. The molecule has 0 bridgehead atoms. The van der Waals surface area contributed by atoms with Crippen molar-refractivity contribution in [2.24, 2.45) is 7.05 Å². The Morgan fingerprint density at radius 3 is 2.52 bits per heavy atom. The molecule has 1 aliphatic rings. The molecule has 2 heterocycles. The van der Waals surface area contributed by atoms with E-state index in [1.165, 1.54) is 9.79 Å². The lowest BCUT2D eigenvalue weighted by atomic mass is 10.2. The van der Waals surface area contributed by atoms with Crippen LogP contribution in [0.4, 0.5) is 0 Å². The highest BCUT2D eigenvalue weighted by atomic mass is 32.2. The zero-order valence-corrected chi connectivity index (χ0v) is 14.7. The maximum absolute atomic E-state index is 12.7. The van der Waals surface area contributed by atoms with Crippen LogP contribution in [0.1, 0.15) is 11.4 Å². The Kier molecular flexibility index (Phi) is 6.12. The molecule has 1 aliphatic heterocycles. The van der Waals surface area contributed by atoms with Crippen LogP contribution in [0.3, 0.4) is 0 Å². The van der Waals surface area contributed by atoms with Gasteiger partial charge >= 0.3 is 0 Å². The summed E-state index contributed by atoms with van der Waals surface area (Å²) in [5.74, 6) is 0.640. The van der Waals surface area contributed by atoms with Gasteiger partial charge in [0, 0.05) is 20.0 Å². The second kappa shape index (κ2) is 8.10. The van der Waals surface area contributed by atoms with Gasteiger partial charge in [0.15, 0.2) is 0 Å². The molecule has 2 N–H and O–H groups in total. The number of methoxy groups -OCH3 is 1. The SMILES string of the molecule is COc1ccc(S(=O)(=O)N2CCc3ncn(C)c3C2)cc1.O=CNO. The van der Waals surface area contributed by atoms with Gasteiger partial charge in [-0.3, -0.25) is 10.0 Å². The highest BCUT2D eigenvalue weighted by Crippen LogP contribution is 2.25. The summed E-state index contributed by atoms with van der Waals surface area (Å²) in [6.45, 7) is 0.818. The number of amides is 1.